The summed E-state index contributed by atoms with van der Waals surface area (Å²) in [5, 5.41) is 3.28. The Morgan fingerprint density at radius 1 is 1.19 bits per heavy atom. The summed E-state index contributed by atoms with van der Waals surface area (Å²) in [5.41, 5.74) is 3.39. The van der Waals surface area contributed by atoms with Crippen LogP contribution in [0.15, 0.2) is 36.4 Å². The van der Waals surface area contributed by atoms with Crippen LogP contribution in [0.25, 0.3) is 0 Å². The Kier molecular flexibility index (Phi) is 5.34. The third-order valence-corrected chi connectivity index (χ3v) is 3.34. The molecule has 3 heteroatoms. The van der Waals surface area contributed by atoms with Crippen LogP contribution in [-0.2, 0) is 6.54 Å². The summed E-state index contributed by atoms with van der Waals surface area (Å²) in [6, 6.07) is 12.2. The first-order valence-corrected chi connectivity index (χ1v) is 7.55. The number of benzene rings is 1. The van der Waals surface area contributed by atoms with Gasteiger partial charge in [-0.3, -0.25) is 0 Å². The van der Waals surface area contributed by atoms with E-state index in [1.165, 1.54) is 11.1 Å². The molecule has 0 aliphatic rings. The molecule has 0 aliphatic heterocycles. The van der Waals surface area contributed by atoms with E-state index >= 15 is 0 Å². The van der Waals surface area contributed by atoms with Crippen molar-refractivity contribution in [1.82, 2.24) is 10.3 Å². The van der Waals surface area contributed by atoms with Crippen molar-refractivity contribution in [1.29, 1.82) is 0 Å². The number of nitrogens with one attached hydrogen (secondary N) is 1. The molecule has 0 amide bonds. The van der Waals surface area contributed by atoms with Gasteiger partial charge in [-0.2, -0.15) is 0 Å². The van der Waals surface area contributed by atoms with Crippen LogP contribution in [0, 0.1) is 6.92 Å². The minimum Gasteiger partial charge on any atom is -0.439 e. The van der Waals surface area contributed by atoms with Crippen molar-refractivity contribution in [2.45, 2.75) is 40.2 Å². The highest BCUT2D eigenvalue weighted by Gasteiger charge is 2.10. The standard InChI is InChI=1S/C18H24N2O/c1-5-19-12-15-7-6-8-18(20-15)21-17-11-14(4)9-10-16(17)13(2)3/h6-11,13,19H,5,12H2,1-4H3. The van der Waals surface area contributed by atoms with Crippen molar-refractivity contribution in [3.63, 3.8) is 0 Å². The molecule has 0 radical (unpaired) electrons. The topological polar surface area (TPSA) is 34.1 Å². The molecule has 1 N–H and O–H groups in total. The molecular weight excluding hydrogens is 260 g/mol. The first-order valence-electron chi connectivity index (χ1n) is 7.55. The third-order valence-electron chi connectivity index (χ3n) is 3.34. The van der Waals surface area contributed by atoms with Crippen LogP contribution in [0.1, 0.15) is 43.5 Å². The zero-order chi connectivity index (χ0) is 15.2. The molecule has 112 valence electrons. The van der Waals surface area contributed by atoms with E-state index in [9.17, 15) is 0 Å². The maximum Gasteiger partial charge on any atom is 0.219 e. The monoisotopic (exact) mass is 284 g/mol. The van der Waals surface area contributed by atoms with Crippen LogP contribution in [0.4, 0.5) is 0 Å². The average Bonchev–Trinajstić information content (AvgIpc) is 2.45. The van der Waals surface area contributed by atoms with Crippen LogP contribution < -0.4 is 10.1 Å². The van der Waals surface area contributed by atoms with E-state index in [0.717, 1.165) is 24.5 Å². The van der Waals surface area contributed by atoms with E-state index in [1.807, 2.05) is 18.2 Å². The summed E-state index contributed by atoms with van der Waals surface area (Å²) < 4.78 is 6.03. The zero-order valence-electron chi connectivity index (χ0n) is 13.3. The van der Waals surface area contributed by atoms with Gasteiger partial charge < -0.3 is 10.1 Å². The van der Waals surface area contributed by atoms with Gasteiger partial charge in [-0.1, -0.05) is 39.0 Å². The van der Waals surface area contributed by atoms with Gasteiger partial charge in [0.15, 0.2) is 0 Å². The fourth-order valence-corrected chi connectivity index (χ4v) is 2.19. The van der Waals surface area contributed by atoms with Gasteiger partial charge >= 0.3 is 0 Å². The number of aromatic nitrogens is 1. The Bertz CT molecular complexity index is 594. The quantitative estimate of drug-likeness (QED) is 0.853. The number of aryl methyl sites for hydroxylation is 1. The highest BCUT2D eigenvalue weighted by atomic mass is 16.5. The Morgan fingerprint density at radius 3 is 2.71 bits per heavy atom. The van der Waals surface area contributed by atoms with Gasteiger partial charge in [0.2, 0.25) is 5.88 Å². The summed E-state index contributed by atoms with van der Waals surface area (Å²) in [6.07, 6.45) is 0. The molecule has 0 aliphatic carbocycles. The number of pyridine rings is 1. The molecule has 1 aromatic carbocycles. The Balaban J connectivity index is 2.23. The number of rotatable bonds is 6. The zero-order valence-corrected chi connectivity index (χ0v) is 13.3. The highest BCUT2D eigenvalue weighted by Crippen LogP contribution is 2.30. The lowest BCUT2D eigenvalue weighted by Gasteiger charge is -2.14. The predicted octanol–water partition coefficient (Wildman–Crippen LogP) is 4.42. The summed E-state index contributed by atoms with van der Waals surface area (Å²) in [6.45, 7) is 10.2. The fraction of sp³-hybridized carbons (Fsp3) is 0.389. The van der Waals surface area contributed by atoms with Crippen LogP contribution in [0.5, 0.6) is 11.6 Å². The van der Waals surface area contributed by atoms with E-state index in [-0.39, 0.29) is 0 Å². The smallest absolute Gasteiger partial charge is 0.219 e. The van der Waals surface area contributed by atoms with Crippen LogP contribution >= 0.6 is 0 Å². The first kappa shape index (κ1) is 15.5. The molecule has 0 saturated heterocycles. The van der Waals surface area contributed by atoms with E-state index < -0.39 is 0 Å². The Morgan fingerprint density at radius 2 is 2.00 bits per heavy atom. The van der Waals surface area contributed by atoms with Gasteiger partial charge in [0, 0.05) is 12.6 Å². The number of hydrogen-bond acceptors (Lipinski definition) is 3. The van der Waals surface area contributed by atoms with Gasteiger partial charge in [-0.05, 0) is 42.6 Å². The predicted molar refractivity (Wildman–Crippen MR) is 87.0 cm³/mol. The molecule has 0 spiro atoms. The number of hydrogen-bond donors (Lipinski definition) is 1. The summed E-state index contributed by atoms with van der Waals surface area (Å²) in [7, 11) is 0. The molecular formula is C18H24N2O. The number of nitrogens with zero attached hydrogens (tertiary/aromatic N) is 1. The van der Waals surface area contributed by atoms with E-state index in [0.29, 0.717) is 11.8 Å². The van der Waals surface area contributed by atoms with Crippen LogP contribution in [0.3, 0.4) is 0 Å². The summed E-state index contributed by atoms with van der Waals surface area (Å²) in [4.78, 5) is 4.55. The van der Waals surface area contributed by atoms with Crippen LogP contribution in [0.2, 0.25) is 0 Å². The second kappa shape index (κ2) is 7.23. The maximum atomic E-state index is 6.03. The largest absolute Gasteiger partial charge is 0.439 e. The van der Waals surface area contributed by atoms with Gasteiger partial charge in [0.1, 0.15) is 5.75 Å². The second-order valence-corrected chi connectivity index (χ2v) is 5.55. The molecule has 2 aromatic rings. The normalized spacial score (nSPS) is 10.9. The van der Waals surface area contributed by atoms with E-state index in [4.69, 9.17) is 4.74 Å². The average molecular weight is 284 g/mol. The lowest BCUT2D eigenvalue weighted by molar-refractivity contribution is 0.451. The molecule has 0 saturated carbocycles. The van der Waals surface area contributed by atoms with Gasteiger partial charge in [-0.15, -0.1) is 0 Å². The number of ether oxygens (including phenoxy) is 1. The molecule has 0 unspecified atom stereocenters. The molecule has 0 atom stereocenters. The van der Waals surface area contributed by atoms with E-state index in [2.05, 4.69) is 56.2 Å². The lowest BCUT2D eigenvalue weighted by Crippen LogP contribution is -2.12. The second-order valence-electron chi connectivity index (χ2n) is 5.55. The molecule has 0 bridgehead atoms. The van der Waals surface area contributed by atoms with Crippen molar-refractivity contribution in [2.75, 3.05) is 6.54 Å². The molecule has 1 heterocycles. The van der Waals surface area contributed by atoms with Crippen molar-refractivity contribution in [3.8, 4) is 11.6 Å². The third kappa shape index (κ3) is 4.30. The van der Waals surface area contributed by atoms with Crippen LogP contribution in [-0.4, -0.2) is 11.5 Å². The van der Waals surface area contributed by atoms with Crippen molar-refractivity contribution in [2.24, 2.45) is 0 Å². The van der Waals surface area contributed by atoms with Crippen molar-refractivity contribution < 1.29 is 4.74 Å². The van der Waals surface area contributed by atoms with E-state index in [1.54, 1.807) is 0 Å². The summed E-state index contributed by atoms with van der Waals surface area (Å²) in [5.74, 6) is 1.97. The molecule has 2 rings (SSSR count). The minimum absolute atomic E-state index is 0.422. The summed E-state index contributed by atoms with van der Waals surface area (Å²) >= 11 is 0. The first-order chi connectivity index (χ1) is 10.1. The fourth-order valence-electron chi connectivity index (χ4n) is 2.19. The van der Waals surface area contributed by atoms with Gasteiger partial charge in [0.25, 0.3) is 0 Å². The van der Waals surface area contributed by atoms with Gasteiger partial charge in [0.05, 0.1) is 5.69 Å². The van der Waals surface area contributed by atoms with Crippen molar-refractivity contribution in [3.05, 3.63) is 53.2 Å². The minimum atomic E-state index is 0.422. The molecule has 1 aromatic heterocycles. The van der Waals surface area contributed by atoms with Crippen molar-refractivity contribution >= 4 is 0 Å². The maximum absolute atomic E-state index is 6.03. The molecule has 21 heavy (non-hydrogen) atoms. The highest BCUT2D eigenvalue weighted by molar-refractivity contribution is 5.41. The molecule has 0 fully saturated rings. The Labute approximate surface area is 127 Å². The molecule has 3 nitrogen and oxygen atoms in total. The van der Waals surface area contributed by atoms with Gasteiger partial charge in [-0.25, -0.2) is 4.98 Å². The Hall–Kier alpha value is -1.87. The SMILES string of the molecule is CCNCc1cccc(Oc2cc(C)ccc2C(C)C)n1. The lowest BCUT2D eigenvalue weighted by atomic mass is 10.0.